The van der Waals surface area contributed by atoms with Crippen molar-refractivity contribution in [2.24, 2.45) is 0 Å². The number of hydrogen-bond donors (Lipinski definition) is 2. The van der Waals surface area contributed by atoms with Crippen molar-refractivity contribution >= 4 is 44.7 Å². The molecule has 0 aliphatic carbocycles. The monoisotopic (exact) mass is 377 g/mol. The molecule has 3 aromatic heterocycles. The molecule has 0 aromatic carbocycles. The number of anilines is 1. The number of thiophene rings is 2. The Morgan fingerprint density at radius 3 is 2.84 bits per heavy atom. The molecule has 132 valence electrons. The van der Waals surface area contributed by atoms with E-state index >= 15 is 0 Å². The molecular formula is C17H19N3O3S2. The van der Waals surface area contributed by atoms with Crippen LogP contribution in [0.1, 0.15) is 38.4 Å². The predicted octanol–water partition coefficient (Wildman–Crippen LogP) is 3.69. The molecule has 6 nitrogen and oxygen atoms in total. The fourth-order valence-electron chi connectivity index (χ4n) is 2.71. The van der Waals surface area contributed by atoms with E-state index in [9.17, 15) is 9.90 Å². The Bertz CT molecular complexity index is 890. The van der Waals surface area contributed by atoms with Crippen molar-refractivity contribution in [3.05, 3.63) is 38.7 Å². The van der Waals surface area contributed by atoms with Gasteiger partial charge in [-0.25, -0.2) is 14.8 Å². The Kier molecular flexibility index (Phi) is 5.31. The van der Waals surface area contributed by atoms with E-state index in [0.717, 1.165) is 20.7 Å². The van der Waals surface area contributed by atoms with Crippen LogP contribution in [0.3, 0.4) is 0 Å². The minimum absolute atomic E-state index is 0.0524. The van der Waals surface area contributed by atoms with E-state index in [-0.39, 0.29) is 18.6 Å². The lowest BCUT2D eigenvalue weighted by Crippen LogP contribution is -2.13. The highest BCUT2D eigenvalue weighted by molar-refractivity contribution is 7.20. The number of aliphatic hydroxyl groups is 1. The van der Waals surface area contributed by atoms with Gasteiger partial charge in [0.1, 0.15) is 21.3 Å². The van der Waals surface area contributed by atoms with Crippen LogP contribution in [0.15, 0.2) is 17.5 Å². The Labute approximate surface area is 153 Å². The normalized spacial score (nSPS) is 12.3. The number of aliphatic hydroxyl groups excluding tert-OH is 1. The summed E-state index contributed by atoms with van der Waals surface area (Å²) >= 11 is 2.94. The quantitative estimate of drug-likeness (QED) is 0.637. The van der Waals surface area contributed by atoms with Gasteiger partial charge in [0.2, 0.25) is 0 Å². The lowest BCUT2D eigenvalue weighted by atomic mass is 10.1. The second-order valence-corrected chi connectivity index (χ2v) is 7.55. The lowest BCUT2D eigenvalue weighted by Gasteiger charge is -2.18. The van der Waals surface area contributed by atoms with Gasteiger partial charge in [-0.2, -0.15) is 0 Å². The van der Waals surface area contributed by atoms with Crippen LogP contribution in [-0.2, 0) is 4.74 Å². The van der Waals surface area contributed by atoms with E-state index in [2.05, 4.69) is 15.3 Å². The van der Waals surface area contributed by atoms with Crippen molar-refractivity contribution in [2.45, 2.75) is 26.3 Å². The van der Waals surface area contributed by atoms with Gasteiger partial charge < -0.3 is 15.2 Å². The number of hydrogen-bond acceptors (Lipinski definition) is 8. The second-order valence-electron chi connectivity index (χ2n) is 5.57. The maximum Gasteiger partial charge on any atom is 0.348 e. The fraction of sp³-hybridized carbons (Fsp3) is 0.353. The zero-order valence-electron chi connectivity index (χ0n) is 14.2. The Balaban J connectivity index is 2.08. The van der Waals surface area contributed by atoms with Gasteiger partial charge in [-0.05, 0) is 37.3 Å². The van der Waals surface area contributed by atoms with Crippen LogP contribution in [0.2, 0.25) is 0 Å². The number of nitrogens with zero attached hydrogens (tertiary/aromatic N) is 2. The van der Waals surface area contributed by atoms with Crippen LogP contribution in [0.5, 0.6) is 0 Å². The molecule has 0 radical (unpaired) electrons. The SMILES string of the molecule is COC(=O)c1sc2nc(C)nc(NC(CCO)c3cccs3)c2c1C. The van der Waals surface area contributed by atoms with Crippen LogP contribution in [0.4, 0.5) is 5.82 Å². The van der Waals surface area contributed by atoms with E-state index in [1.165, 1.54) is 18.4 Å². The largest absolute Gasteiger partial charge is 0.465 e. The van der Waals surface area contributed by atoms with Crippen LogP contribution in [0.25, 0.3) is 10.2 Å². The first-order valence-electron chi connectivity index (χ1n) is 7.82. The molecule has 0 bridgehead atoms. The summed E-state index contributed by atoms with van der Waals surface area (Å²) in [6.45, 7) is 3.77. The van der Waals surface area contributed by atoms with Gasteiger partial charge in [0.15, 0.2) is 0 Å². The van der Waals surface area contributed by atoms with E-state index in [0.29, 0.717) is 22.9 Å². The van der Waals surface area contributed by atoms with Gasteiger partial charge >= 0.3 is 5.97 Å². The van der Waals surface area contributed by atoms with E-state index < -0.39 is 0 Å². The Morgan fingerprint density at radius 2 is 2.20 bits per heavy atom. The third kappa shape index (κ3) is 3.51. The van der Waals surface area contributed by atoms with Crippen molar-refractivity contribution in [3.8, 4) is 0 Å². The maximum atomic E-state index is 12.0. The number of methoxy groups -OCH3 is 1. The van der Waals surface area contributed by atoms with Gasteiger partial charge in [0.05, 0.1) is 18.5 Å². The molecule has 0 aliphatic heterocycles. The van der Waals surface area contributed by atoms with Gasteiger partial charge in [-0.15, -0.1) is 22.7 Å². The number of fused-ring (bicyclic) bond motifs is 1. The first-order valence-corrected chi connectivity index (χ1v) is 9.51. The highest BCUT2D eigenvalue weighted by Gasteiger charge is 2.22. The van der Waals surface area contributed by atoms with Crippen molar-refractivity contribution in [2.75, 3.05) is 19.0 Å². The predicted molar refractivity (Wildman–Crippen MR) is 101 cm³/mol. The Morgan fingerprint density at radius 1 is 1.40 bits per heavy atom. The van der Waals surface area contributed by atoms with Crippen LogP contribution in [0, 0.1) is 13.8 Å². The first-order chi connectivity index (χ1) is 12.0. The van der Waals surface area contributed by atoms with E-state index in [1.807, 2.05) is 31.4 Å². The highest BCUT2D eigenvalue weighted by atomic mass is 32.1. The zero-order chi connectivity index (χ0) is 18.0. The smallest absolute Gasteiger partial charge is 0.348 e. The van der Waals surface area contributed by atoms with Crippen molar-refractivity contribution < 1.29 is 14.6 Å². The molecule has 3 heterocycles. The van der Waals surface area contributed by atoms with Gasteiger partial charge in [0.25, 0.3) is 0 Å². The molecule has 1 unspecified atom stereocenters. The molecule has 0 aliphatic rings. The maximum absolute atomic E-state index is 12.0. The molecule has 0 fully saturated rings. The number of aryl methyl sites for hydroxylation is 2. The summed E-state index contributed by atoms with van der Waals surface area (Å²) in [4.78, 5) is 23.4. The summed E-state index contributed by atoms with van der Waals surface area (Å²) < 4.78 is 4.87. The van der Waals surface area contributed by atoms with Crippen LogP contribution < -0.4 is 5.32 Å². The molecule has 0 amide bonds. The van der Waals surface area contributed by atoms with Crippen LogP contribution in [-0.4, -0.2) is 34.8 Å². The molecule has 0 saturated carbocycles. The lowest BCUT2D eigenvalue weighted by molar-refractivity contribution is 0.0605. The minimum Gasteiger partial charge on any atom is -0.465 e. The summed E-state index contributed by atoms with van der Waals surface area (Å²) in [5.41, 5.74) is 0.809. The average Bonchev–Trinajstić information content (AvgIpc) is 3.22. The fourth-order valence-corrected chi connectivity index (χ4v) is 4.66. The summed E-state index contributed by atoms with van der Waals surface area (Å²) in [5, 5.41) is 15.7. The van der Waals surface area contributed by atoms with E-state index in [1.54, 1.807) is 11.3 Å². The first kappa shape index (κ1) is 17.8. The molecule has 3 aromatic rings. The summed E-state index contributed by atoms with van der Waals surface area (Å²) in [7, 11) is 1.37. The van der Waals surface area contributed by atoms with Gasteiger partial charge in [-0.1, -0.05) is 6.07 Å². The number of ether oxygens (including phenoxy) is 1. The van der Waals surface area contributed by atoms with Gasteiger partial charge in [0, 0.05) is 11.5 Å². The summed E-state index contributed by atoms with van der Waals surface area (Å²) in [6, 6.07) is 3.96. The van der Waals surface area contributed by atoms with Crippen molar-refractivity contribution in [3.63, 3.8) is 0 Å². The number of nitrogens with one attached hydrogen (secondary N) is 1. The third-order valence-electron chi connectivity index (χ3n) is 3.89. The number of rotatable bonds is 6. The summed E-state index contributed by atoms with van der Waals surface area (Å²) in [5.74, 6) is 0.939. The number of carbonyl (C=O) groups excluding carboxylic acids is 1. The molecule has 2 N–H and O–H groups in total. The zero-order valence-corrected chi connectivity index (χ0v) is 15.8. The van der Waals surface area contributed by atoms with Crippen LogP contribution >= 0.6 is 22.7 Å². The minimum atomic E-state index is -0.366. The third-order valence-corrected chi connectivity index (χ3v) is 6.04. The molecule has 8 heteroatoms. The molecular weight excluding hydrogens is 358 g/mol. The highest BCUT2D eigenvalue weighted by Crippen LogP contribution is 2.36. The summed E-state index contributed by atoms with van der Waals surface area (Å²) in [6.07, 6.45) is 0.568. The van der Waals surface area contributed by atoms with Crippen molar-refractivity contribution in [1.82, 2.24) is 9.97 Å². The number of aromatic nitrogens is 2. The average molecular weight is 377 g/mol. The van der Waals surface area contributed by atoms with Gasteiger partial charge in [-0.3, -0.25) is 0 Å². The number of esters is 1. The van der Waals surface area contributed by atoms with Crippen molar-refractivity contribution in [1.29, 1.82) is 0 Å². The second kappa shape index (κ2) is 7.47. The molecule has 3 rings (SSSR count). The number of carbonyl (C=O) groups is 1. The van der Waals surface area contributed by atoms with E-state index in [4.69, 9.17) is 4.74 Å². The molecule has 25 heavy (non-hydrogen) atoms. The Hall–Kier alpha value is -2.03. The topological polar surface area (TPSA) is 84.3 Å². The molecule has 0 spiro atoms. The molecule has 0 saturated heterocycles. The standard InChI is InChI=1S/C17H19N3O3S2/c1-9-13-15(20-11(6-7-21)12-5-4-8-24-12)18-10(2)19-16(13)25-14(9)17(22)23-3/h4-5,8,11,21H,6-7H2,1-3H3,(H,18,19,20). The molecule has 1 atom stereocenters.